The monoisotopic (exact) mass is 238 g/mol. The average molecular weight is 239 g/mol. The van der Waals surface area contributed by atoms with Crippen LogP contribution in [0.5, 0.6) is 0 Å². The molecule has 0 aliphatic heterocycles. The maximum absolute atomic E-state index is 11.2. The third-order valence-corrected chi connectivity index (χ3v) is 1.98. The molecule has 0 saturated carbocycles. The van der Waals surface area contributed by atoms with Crippen molar-refractivity contribution in [3.63, 3.8) is 0 Å². The van der Waals surface area contributed by atoms with E-state index >= 15 is 0 Å². The van der Waals surface area contributed by atoms with Crippen LogP contribution >= 0.6 is 12.4 Å². The van der Waals surface area contributed by atoms with Crippen LogP contribution in [0.1, 0.15) is 39.5 Å². The Hall–Kier alpha value is -0.320. The Morgan fingerprint density at radius 3 is 2.53 bits per heavy atom. The van der Waals surface area contributed by atoms with Crippen molar-refractivity contribution in [2.24, 2.45) is 5.73 Å². The van der Waals surface area contributed by atoms with Gasteiger partial charge in [-0.15, -0.1) is 12.4 Å². The summed E-state index contributed by atoms with van der Waals surface area (Å²) in [5.41, 5.74) is 5.51. The Kier molecular flexibility index (Phi) is 11.6. The van der Waals surface area contributed by atoms with Crippen LogP contribution in [0.3, 0.4) is 0 Å². The van der Waals surface area contributed by atoms with E-state index in [1.54, 1.807) is 0 Å². The summed E-state index contributed by atoms with van der Waals surface area (Å²) >= 11 is 0. The van der Waals surface area contributed by atoms with E-state index in [1.807, 2.05) is 13.8 Å². The van der Waals surface area contributed by atoms with Gasteiger partial charge in [-0.1, -0.05) is 13.3 Å². The molecule has 0 rings (SSSR count). The Morgan fingerprint density at radius 1 is 1.47 bits per heavy atom. The number of carbonyl (C=O) groups is 1. The third-order valence-electron chi connectivity index (χ3n) is 1.98. The van der Waals surface area contributed by atoms with Gasteiger partial charge in [0.1, 0.15) is 0 Å². The van der Waals surface area contributed by atoms with Gasteiger partial charge in [-0.2, -0.15) is 0 Å². The molecule has 0 spiro atoms. The van der Waals surface area contributed by atoms with Gasteiger partial charge in [-0.25, -0.2) is 0 Å². The van der Waals surface area contributed by atoms with Gasteiger partial charge in [0.05, 0.1) is 6.10 Å². The summed E-state index contributed by atoms with van der Waals surface area (Å²) in [4.78, 5) is 11.2. The lowest BCUT2D eigenvalue weighted by Gasteiger charge is -2.11. The lowest BCUT2D eigenvalue weighted by molar-refractivity contribution is -0.121. The molecule has 0 heterocycles. The Labute approximate surface area is 98.0 Å². The van der Waals surface area contributed by atoms with Gasteiger partial charge in [-0.05, 0) is 19.8 Å². The van der Waals surface area contributed by atoms with E-state index in [0.717, 1.165) is 12.8 Å². The molecule has 15 heavy (non-hydrogen) atoms. The predicted octanol–water partition coefficient (Wildman–Crippen LogP) is 0.813. The number of aliphatic hydroxyl groups is 1. The van der Waals surface area contributed by atoms with Crippen LogP contribution in [0, 0.1) is 0 Å². The summed E-state index contributed by atoms with van der Waals surface area (Å²) in [6.07, 6.45) is 2.37. The quantitative estimate of drug-likeness (QED) is 0.615. The normalized spacial score (nSPS) is 13.9. The lowest BCUT2D eigenvalue weighted by atomic mass is 10.2. The molecule has 0 aromatic heterocycles. The van der Waals surface area contributed by atoms with Crippen molar-refractivity contribution in [3.8, 4) is 0 Å². The van der Waals surface area contributed by atoms with Crippen LogP contribution in [-0.4, -0.2) is 29.7 Å². The number of nitrogens with two attached hydrogens (primary N) is 1. The number of carbonyl (C=O) groups excluding carboxylic acids is 1. The smallest absolute Gasteiger partial charge is 0.220 e. The molecule has 2 atom stereocenters. The maximum Gasteiger partial charge on any atom is 0.220 e. The van der Waals surface area contributed by atoms with E-state index in [-0.39, 0.29) is 24.4 Å². The highest BCUT2D eigenvalue weighted by Gasteiger charge is 2.06. The molecule has 0 saturated heterocycles. The van der Waals surface area contributed by atoms with Crippen molar-refractivity contribution in [2.75, 3.05) is 6.54 Å². The molecule has 92 valence electrons. The number of nitrogens with one attached hydrogen (secondary N) is 1. The first-order valence-corrected chi connectivity index (χ1v) is 5.26. The van der Waals surface area contributed by atoms with Gasteiger partial charge in [0, 0.05) is 19.0 Å². The minimum absolute atomic E-state index is 0. The topological polar surface area (TPSA) is 75.3 Å². The number of hydrogen-bond donors (Lipinski definition) is 3. The van der Waals surface area contributed by atoms with E-state index in [0.29, 0.717) is 19.4 Å². The molecule has 0 aromatic carbocycles. The average Bonchev–Trinajstić information content (AvgIpc) is 2.12. The summed E-state index contributed by atoms with van der Waals surface area (Å²) < 4.78 is 0. The van der Waals surface area contributed by atoms with Crippen molar-refractivity contribution in [2.45, 2.75) is 51.7 Å². The van der Waals surface area contributed by atoms with Crippen molar-refractivity contribution in [3.05, 3.63) is 0 Å². The molecular weight excluding hydrogens is 216 g/mol. The highest BCUT2D eigenvalue weighted by atomic mass is 35.5. The summed E-state index contributed by atoms with van der Waals surface area (Å²) in [5.74, 6) is -0.0301. The van der Waals surface area contributed by atoms with Crippen molar-refractivity contribution >= 4 is 18.3 Å². The summed E-state index contributed by atoms with van der Waals surface area (Å²) in [7, 11) is 0. The van der Waals surface area contributed by atoms with Gasteiger partial charge in [0.15, 0.2) is 0 Å². The van der Waals surface area contributed by atoms with Gasteiger partial charge in [0.2, 0.25) is 5.91 Å². The standard InChI is InChI=1S/C10H22N2O2.ClH/c1-3-4-9(13)7-12-10(14)6-5-8(2)11;/h8-9,13H,3-7,11H2,1-2H3,(H,12,14);1H. The van der Waals surface area contributed by atoms with Crippen molar-refractivity contribution in [1.82, 2.24) is 5.32 Å². The largest absolute Gasteiger partial charge is 0.391 e. The fourth-order valence-corrected chi connectivity index (χ4v) is 1.11. The SMILES string of the molecule is CCCC(O)CNC(=O)CCC(C)N.Cl. The second-order valence-corrected chi connectivity index (χ2v) is 3.76. The lowest BCUT2D eigenvalue weighted by Crippen LogP contribution is -2.32. The highest BCUT2D eigenvalue weighted by molar-refractivity contribution is 5.85. The molecule has 1 amide bonds. The number of halogens is 1. The number of aliphatic hydroxyl groups excluding tert-OH is 1. The van der Waals surface area contributed by atoms with Crippen molar-refractivity contribution in [1.29, 1.82) is 0 Å². The van der Waals surface area contributed by atoms with E-state index in [9.17, 15) is 9.90 Å². The number of rotatable bonds is 7. The minimum atomic E-state index is -0.417. The second-order valence-electron chi connectivity index (χ2n) is 3.76. The summed E-state index contributed by atoms with van der Waals surface area (Å²) in [5, 5.41) is 12.0. The predicted molar refractivity (Wildman–Crippen MR) is 64.1 cm³/mol. The fourth-order valence-electron chi connectivity index (χ4n) is 1.11. The van der Waals surface area contributed by atoms with Crippen LogP contribution in [0.2, 0.25) is 0 Å². The maximum atomic E-state index is 11.2. The summed E-state index contributed by atoms with van der Waals surface area (Å²) in [6, 6.07) is 0.0568. The molecule has 0 fully saturated rings. The Bertz CT molecular complexity index is 166. The Balaban J connectivity index is 0. The molecule has 0 radical (unpaired) electrons. The molecule has 4 N–H and O–H groups in total. The molecule has 0 aliphatic rings. The van der Waals surface area contributed by atoms with Crippen LogP contribution in [0.15, 0.2) is 0 Å². The molecule has 4 nitrogen and oxygen atoms in total. The second kappa shape index (κ2) is 10.2. The first kappa shape index (κ1) is 17.1. The molecule has 0 bridgehead atoms. The molecular formula is C10H23ClN2O2. The van der Waals surface area contributed by atoms with Gasteiger partial charge < -0.3 is 16.2 Å². The first-order chi connectivity index (χ1) is 6.56. The van der Waals surface area contributed by atoms with Gasteiger partial charge in [-0.3, -0.25) is 4.79 Å². The number of amides is 1. The van der Waals surface area contributed by atoms with E-state index in [4.69, 9.17) is 5.73 Å². The zero-order valence-corrected chi connectivity index (χ0v) is 10.3. The van der Waals surface area contributed by atoms with Gasteiger partial charge in [0.25, 0.3) is 0 Å². The molecule has 5 heteroatoms. The van der Waals surface area contributed by atoms with E-state index in [2.05, 4.69) is 5.32 Å². The fraction of sp³-hybridized carbons (Fsp3) is 0.900. The third kappa shape index (κ3) is 11.6. The van der Waals surface area contributed by atoms with Crippen LogP contribution in [0.4, 0.5) is 0 Å². The van der Waals surface area contributed by atoms with Crippen LogP contribution in [-0.2, 0) is 4.79 Å². The van der Waals surface area contributed by atoms with Gasteiger partial charge >= 0.3 is 0 Å². The highest BCUT2D eigenvalue weighted by Crippen LogP contribution is 1.96. The van der Waals surface area contributed by atoms with E-state index in [1.165, 1.54) is 0 Å². The molecule has 0 aliphatic carbocycles. The van der Waals surface area contributed by atoms with Crippen LogP contribution in [0.25, 0.3) is 0 Å². The van der Waals surface area contributed by atoms with E-state index < -0.39 is 6.10 Å². The van der Waals surface area contributed by atoms with Crippen molar-refractivity contribution < 1.29 is 9.90 Å². The molecule has 0 aromatic rings. The summed E-state index contributed by atoms with van der Waals surface area (Å²) in [6.45, 7) is 4.23. The zero-order valence-electron chi connectivity index (χ0n) is 9.53. The zero-order chi connectivity index (χ0) is 11.0. The first-order valence-electron chi connectivity index (χ1n) is 5.26. The molecule has 2 unspecified atom stereocenters. The Morgan fingerprint density at radius 2 is 2.07 bits per heavy atom. The number of hydrogen-bond acceptors (Lipinski definition) is 3. The van der Waals surface area contributed by atoms with Crippen LogP contribution < -0.4 is 11.1 Å². The minimum Gasteiger partial charge on any atom is -0.391 e.